The Labute approximate surface area is 182 Å². The fourth-order valence-electron chi connectivity index (χ4n) is 4.90. The maximum Gasteiger partial charge on any atom is 0.256 e. The lowest BCUT2D eigenvalue weighted by atomic mass is 9.78. The molecule has 1 aromatic carbocycles. The van der Waals surface area contributed by atoms with Crippen molar-refractivity contribution < 1.29 is 14.3 Å². The van der Waals surface area contributed by atoms with Gasteiger partial charge in [0.2, 0.25) is 0 Å². The van der Waals surface area contributed by atoms with Gasteiger partial charge in [-0.2, -0.15) is 0 Å². The molecule has 1 heterocycles. The molecule has 5 heteroatoms. The molecule has 2 aliphatic rings. The van der Waals surface area contributed by atoms with E-state index in [-0.39, 0.29) is 5.91 Å². The van der Waals surface area contributed by atoms with Gasteiger partial charge in [0.1, 0.15) is 11.4 Å². The number of amides is 1. The van der Waals surface area contributed by atoms with E-state index >= 15 is 0 Å². The van der Waals surface area contributed by atoms with Crippen molar-refractivity contribution in [3.63, 3.8) is 0 Å². The molecular formula is C25H40N2O3. The Bertz CT molecular complexity index is 636. The third kappa shape index (κ3) is 6.71. The fraction of sp³-hybridized carbons (Fsp3) is 0.720. The molecule has 1 amide bonds. The van der Waals surface area contributed by atoms with Gasteiger partial charge in [0.05, 0.1) is 6.61 Å². The number of rotatable bonds is 9. The Balaban J connectivity index is 1.44. The van der Waals surface area contributed by atoms with Gasteiger partial charge >= 0.3 is 0 Å². The second-order valence-corrected chi connectivity index (χ2v) is 9.07. The molecule has 168 valence electrons. The summed E-state index contributed by atoms with van der Waals surface area (Å²) >= 11 is 0. The van der Waals surface area contributed by atoms with Gasteiger partial charge in [-0.1, -0.05) is 26.2 Å². The molecular weight excluding hydrogens is 376 g/mol. The van der Waals surface area contributed by atoms with E-state index in [0.717, 1.165) is 50.3 Å². The van der Waals surface area contributed by atoms with Crippen LogP contribution in [0.4, 0.5) is 5.69 Å². The van der Waals surface area contributed by atoms with Gasteiger partial charge in [0.25, 0.3) is 5.91 Å². The van der Waals surface area contributed by atoms with Gasteiger partial charge in [-0.25, -0.2) is 0 Å². The lowest BCUT2D eigenvalue weighted by Crippen LogP contribution is -2.48. The minimum absolute atomic E-state index is 0.0120. The molecule has 1 aromatic rings. The molecule has 0 spiro atoms. The van der Waals surface area contributed by atoms with Crippen molar-refractivity contribution in [3.8, 4) is 5.75 Å². The summed E-state index contributed by atoms with van der Waals surface area (Å²) in [6, 6.07) is 7.73. The van der Waals surface area contributed by atoms with Gasteiger partial charge < -0.3 is 19.7 Å². The lowest BCUT2D eigenvalue weighted by Gasteiger charge is -2.38. The maximum atomic E-state index is 13.0. The summed E-state index contributed by atoms with van der Waals surface area (Å²) in [5.74, 6) is 1.36. The molecule has 2 fully saturated rings. The lowest BCUT2D eigenvalue weighted by molar-refractivity contribution is -0.147. The van der Waals surface area contributed by atoms with E-state index < -0.39 is 5.60 Å². The van der Waals surface area contributed by atoms with Crippen LogP contribution in [-0.2, 0) is 9.53 Å². The van der Waals surface area contributed by atoms with Crippen LogP contribution in [0.5, 0.6) is 5.75 Å². The second-order valence-electron chi connectivity index (χ2n) is 9.07. The molecule has 30 heavy (non-hydrogen) atoms. The Morgan fingerprint density at radius 1 is 1.13 bits per heavy atom. The van der Waals surface area contributed by atoms with Gasteiger partial charge in [0, 0.05) is 18.8 Å². The summed E-state index contributed by atoms with van der Waals surface area (Å²) in [4.78, 5) is 15.6. The van der Waals surface area contributed by atoms with E-state index in [0.29, 0.717) is 12.5 Å². The van der Waals surface area contributed by atoms with Crippen LogP contribution in [-0.4, -0.2) is 49.3 Å². The summed E-state index contributed by atoms with van der Waals surface area (Å²) in [6.07, 6.45) is 10.3. The van der Waals surface area contributed by atoms with E-state index in [1.807, 2.05) is 31.2 Å². The summed E-state index contributed by atoms with van der Waals surface area (Å²) in [6.45, 7) is 9.04. The number of ether oxygens (including phenoxy) is 2. The minimum atomic E-state index is -0.686. The summed E-state index contributed by atoms with van der Waals surface area (Å²) in [5.41, 5.74) is 0.115. The highest BCUT2D eigenvalue weighted by Crippen LogP contribution is 2.36. The van der Waals surface area contributed by atoms with Gasteiger partial charge in [-0.05, 0) is 88.7 Å². The SMILES string of the molecule is CCO[C@]1(C(=O)Nc2ccc(OCCCN3CCCCCC3)cc2)CCC[C@H](C)C1. The number of hydrogen-bond donors (Lipinski definition) is 1. The average Bonchev–Trinajstić information content (AvgIpc) is 3.01. The first-order chi connectivity index (χ1) is 14.6. The van der Waals surface area contributed by atoms with Crippen molar-refractivity contribution in [2.24, 2.45) is 5.92 Å². The minimum Gasteiger partial charge on any atom is -0.494 e. The summed E-state index contributed by atoms with van der Waals surface area (Å²) in [5, 5.41) is 3.08. The van der Waals surface area contributed by atoms with E-state index in [2.05, 4.69) is 17.1 Å². The maximum absolute atomic E-state index is 13.0. The highest BCUT2D eigenvalue weighted by molar-refractivity contribution is 5.97. The molecule has 0 aromatic heterocycles. The smallest absolute Gasteiger partial charge is 0.256 e. The first-order valence-corrected chi connectivity index (χ1v) is 12.0. The molecule has 1 aliphatic carbocycles. The first kappa shape index (κ1) is 23.1. The summed E-state index contributed by atoms with van der Waals surface area (Å²) < 4.78 is 11.9. The normalized spacial score (nSPS) is 25.5. The zero-order chi connectivity index (χ0) is 21.2. The third-order valence-electron chi connectivity index (χ3n) is 6.49. The van der Waals surface area contributed by atoms with Crippen LogP contribution in [0.25, 0.3) is 0 Å². The van der Waals surface area contributed by atoms with Crippen molar-refractivity contribution in [2.75, 3.05) is 38.2 Å². The number of carbonyl (C=O) groups excluding carboxylic acids is 1. The number of benzene rings is 1. The number of carbonyl (C=O) groups is 1. The fourth-order valence-corrected chi connectivity index (χ4v) is 4.90. The largest absolute Gasteiger partial charge is 0.494 e. The Morgan fingerprint density at radius 2 is 1.87 bits per heavy atom. The number of nitrogens with zero attached hydrogens (tertiary/aromatic N) is 1. The molecule has 1 saturated heterocycles. The van der Waals surface area contributed by atoms with Crippen LogP contribution in [0.2, 0.25) is 0 Å². The second kappa shape index (κ2) is 11.7. The summed E-state index contributed by atoms with van der Waals surface area (Å²) in [7, 11) is 0. The zero-order valence-corrected chi connectivity index (χ0v) is 19.0. The zero-order valence-electron chi connectivity index (χ0n) is 19.0. The van der Waals surface area contributed by atoms with E-state index in [4.69, 9.17) is 9.47 Å². The van der Waals surface area contributed by atoms with Crippen LogP contribution in [0.1, 0.15) is 71.6 Å². The predicted octanol–water partition coefficient (Wildman–Crippen LogP) is 5.26. The first-order valence-electron chi connectivity index (χ1n) is 12.0. The third-order valence-corrected chi connectivity index (χ3v) is 6.49. The van der Waals surface area contributed by atoms with E-state index in [1.165, 1.54) is 45.2 Å². The van der Waals surface area contributed by atoms with Crippen LogP contribution in [0.15, 0.2) is 24.3 Å². The number of anilines is 1. The molecule has 2 atom stereocenters. The molecule has 1 aliphatic heterocycles. The van der Waals surface area contributed by atoms with Gasteiger partial charge in [0.15, 0.2) is 0 Å². The molecule has 0 radical (unpaired) electrons. The van der Waals surface area contributed by atoms with Gasteiger partial charge in [-0.15, -0.1) is 0 Å². The van der Waals surface area contributed by atoms with Crippen LogP contribution < -0.4 is 10.1 Å². The standard InChI is InChI=1S/C25H40N2O3/c1-3-30-25(15-8-10-21(2)20-25)24(28)26-22-11-13-23(14-12-22)29-19-9-18-27-16-6-4-5-7-17-27/h11-14,21H,3-10,15-20H2,1-2H3,(H,26,28)/t21-,25+/m0/s1. The number of likely N-dealkylation sites (tertiary alicyclic amines) is 1. The van der Waals surface area contributed by atoms with Crippen LogP contribution in [0.3, 0.4) is 0 Å². The molecule has 0 bridgehead atoms. The van der Waals surface area contributed by atoms with Crippen molar-refractivity contribution in [2.45, 2.75) is 77.2 Å². The quantitative estimate of drug-likeness (QED) is 0.558. The topological polar surface area (TPSA) is 50.8 Å². The molecule has 1 saturated carbocycles. The van der Waals surface area contributed by atoms with Crippen LogP contribution in [0, 0.1) is 5.92 Å². The molecule has 5 nitrogen and oxygen atoms in total. The van der Waals surface area contributed by atoms with Crippen molar-refractivity contribution in [1.29, 1.82) is 0 Å². The number of hydrogen-bond acceptors (Lipinski definition) is 4. The van der Waals surface area contributed by atoms with Crippen molar-refractivity contribution >= 4 is 11.6 Å². The Morgan fingerprint density at radius 3 is 2.53 bits per heavy atom. The predicted molar refractivity (Wildman–Crippen MR) is 122 cm³/mol. The van der Waals surface area contributed by atoms with Gasteiger partial charge in [-0.3, -0.25) is 4.79 Å². The van der Waals surface area contributed by atoms with Crippen LogP contribution >= 0.6 is 0 Å². The van der Waals surface area contributed by atoms with E-state index in [1.54, 1.807) is 0 Å². The molecule has 1 N–H and O–H groups in total. The monoisotopic (exact) mass is 416 g/mol. The Hall–Kier alpha value is -1.59. The molecule has 0 unspecified atom stereocenters. The highest BCUT2D eigenvalue weighted by Gasteiger charge is 2.42. The Kier molecular flexibility index (Phi) is 9.01. The highest BCUT2D eigenvalue weighted by atomic mass is 16.5. The number of nitrogens with one attached hydrogen (secondary N) is 1. The average molecular weight is 417 g/mol. The van der Waals surface area contributed by atoms with Crippen molar-refractivity contribution in [3.05, 3.63) is 24.3 Å². The van der Waals surface area contributed by atoms with E-state index in [9.17, 15) is 4.79 Å². The van der Waals surface area contributed by atoms with Crippen molar-refractivity contribution in [1.82, 2.24) is 4.90 Å². The molecule has 3 rings (SSSR count).